The van der Waals surface area contributed by atoms with Gasteiger partial charge < -0.3 is 4.90 Å². The zero-order valence-electron chi connectivity index (χ0n) is 8.49. The van der Waals surface area contributed by atoms with Crippen molar-refractivity contribution in [2.45, 2.75) is 37.4 Å². The summed E-state index contributed by atoms with van der Waals surface area (Å²) in [5, 5.41) is 0.575. The molecule has 2 nitrogen and oxygen atoms in total. The van der Waals surface area contributed by atoms with E-state index in [-0.39, 0.29) is 5.91 Å². The number of amides is 1. The van der Waals surface area contributed by atoms with Crippen LogP contribution in [0.4, 0.5) is 0 Å². The largest absolute Gasteiger partial charge is 0.349 e. The highest BCUT2D eigenvalue weighted by molar-refractivity contribution is 7.80. The second-order valence-corrected chi connectivity index (χ2v) is 4.90. The van der Waals surface area contributed by atoms with Gasteiger partial charge in [0, 0.05) is 25.8 Å². The van der Waals surface area contributed by atoms with Gasteiger partial charge in [-0.3, -0.25) is 4.79 Å². The third-order valence-electron chi connectivity index (χ3n) is 2.78. The van der Waals surface area contributed by atoms with Crippen LogP contribution < -0.4 is 0 Å². The van der Waals surface area contributed by atoms with E-state index in [0.717, 1.165) is 6.42 Å². The van der Waals surface area contributed by atoms with Gasteiger partial charge in [0.1, 0.15) is 0 Å². The van der Waals surface area contributed by atoms with E-state index >= 15 is 0 Å². The summed E-state index contributed by atoms with van der Waals surface area (Å²) in [6, 6.07) is 0. The Hall–Kier alpha value is -0.180. The Kier molecular flexibility index (Phi) is 4.10. The van der Waals surface area contributed by atoms with Crippen LogP contribution in [0.5, 0.6) is 0 Å². The van der Waals surface area contributed by atoms with Crippen LogP contribution in [0.15, 0.2) is 0 Å². The van der Waals surface area contributed by atoms with E-state index in [1.165, 1.54) is 25.7 Å². The van der Waals surface area contributed by atoms with Gasteiger partial charge in [-0.05, 0) is 31.6 Å². The van der Waals surface area contributed by atoms with Crippen molar-refractivity contribution in [1.29, 1.82) is 0 Å². The molecule has 1 fully saturated rings. The molecule has 1 aliphatic rings. The van der Waals surface area contributed by atoms with Crippen molar-refractivity contribution < 1.29 is 4.79 Å². The first-order chi connectivity index (χ1) is 6.09. The lowest BCUT2D eigenvalue weighted by atomic mass is 9.86. The van der Waals surface area contributed by atoms with Crippen LogP contribution in [-0.4, -0.2) is 30.2 Å². The van der Waals surface area contributed by atoms with Gasteiger partial charge in [0.05, 0.1) is 0 Å². The number of thiol groups is 1. The van der Waals surface area contributed by atoms with Gasteiger partial charge >= 0.3 is 0 Å². The molecule has 0 heterocycles. The van der Waals surface area contributed by atoms with Gasteiger partial charge in [0.25, 0.3) is 0 Å². The highest BCUT2D eigenvalue weighted by atomic mass is 32.1. The predicted octanol–water partition coefficient (Wildman–Crippen LogP) is 1.95. The van der Waals surface area contributed by atoms with Gasteiger partial charge in [0.15, 0.2) is 0 Å². The third kappa shape index (κ3) is 3.59. The molecule has 13 heavy (non-hydrogen) atoms. The Labute approximate surface area is 86.1 Å². The number of nitrogens with zero attached hydrogens (tertiary/aromatic N) is 1. The lowest BCUT2D eigenvalue weighted by Gasteiger charge is -2.26. The molecule has 0 unspecified atom stereocenters. The molecule has 3 heteroatoms. The maximum atomic E-state index is 11.4. The molecule has 0 aliphatic heterocycles. The average Bonchev–Trinajstić information content (AvgIpc) is 2.08. The van der Waals surface area contributed by atoms with Gasteiger partial charge in [-0.25, -0.2) is 0 Å². The van der Waals surface area contributed by atoms with Crippen molar-refractivity contribution in [1.82, 2.24) is 4.90 Å². The van der Waals surface area contributed by atoms with E-state index < -0.39 is 0 Å². The van der Waals surface area contributed by atoms with E-state index in [0.29, 0.717) is 11.2 Å². The van der Waals surface area contributed by atoms with E-state index in [9.17, 15) is 4.79 Å². The van der Waals surface area contributed by atoms with Crippen LogP contribution >= 0.6 is 12.6 Å². The molecule has 0 aromatic carbocycles. The molecule has 0 aromatic rings. The number of carbonyl (C=O) groups is 1. The van der Waals surface area contributed by atoms with Crippen LogP contribution in [0.25, 0.3) is 0 Å². The molecule has 0 N–H and O–H groups in total. The van der Waals surface area contributed by atoms with Crippen LogP contribution in [-0.2, 0) is 4.79 Å². The van der Waals surface area contributed by atoms with Gasteiger partial charge in [-0.15, -0.1) is 0 Å². The summed E-state index contributed by atoms with van der Waals surface area (Å²) in [5.41, 5.74) is 0. The molecule has 1 saturated carbocycles. The summed E-state index contributed by atoms with van der Waals surface area (Å²) >= 11 is 4.44. The highest BCUT2D eigenvalue weighted by Crippen LogP contribution is 2.29. The minimum Gasteiger partial charge on any atom is -0.349 e. The van der Waals surface area contributed by atoms with E-state index in [4.69, 9.17) is 0 Å². The molecule has 1 rings (SSSR count). The summed E-state index contributed by atoms with van der Waals surface area (Å²) in [7, 11) is 3.65. The van der Waals surface area contributed by atoms with Crippen LogP contribution in [0.2, 0.25) is 0 Å². The summed E-state index contributed by atoms with van der Waals surface area (Å²) in [4.78, 5) is 13.1. The van der Waals surface area contributed by atoms with Crippen LogP contribution in [0.1, 0.15) is 32.1 Å². The molecular weight excluding hydrogens is 182 g/mol. The van der Waals surface area contributed by atoms with E-state index in [1.54, 1.807) is 4.90 Å². The fourth-order valence-electron chi connectivity index (χ4n) is 1.78. The Morgan fingerprint density at radius 2 is 1.85 bits per heavy atom. The third-order valence-corrected chi connectivity index (χ3v) is 3.29. The number of hydrogen-bond acceptors (Lipinski definition) is 2. The Morgan fingerprint density at radius 1 is 1.31 bits per heavy atom. The molecular formula is C10H19NOS. The van der Waals surface area contributed by atoms with Crippen molar-refractivity contribution in [2.24, 2.45) is 5.92 Å². The fourth-order valence-corrected chi connectivity index (χ4v) is 2.08. The van der Waals surface area contributed by atoms with Crippen molar-refractivity contribution >= 4 is 18.5 Å². The lowest BCUT2D eigenvalue weighted by Crippen LogP contribution is -2.26. The van der Waals surface area contributed by atoms with Gasteiger partial charge in [-0.1, -0.05) is 0 Å². The topological polar surface area (TPSA) is 20.3 Å². The standard InChI is InChI=1S/C10H19NOS/c1-11(2)10(12)7-8-3-5-9(13)6-4-8/h8-9,13H,3-7H2,1-2H3. The summed E-state index contributed by atoms with van der Waals surface area (Å²) < 4.78 is 0. The SMILES string of the molecule is CN(C)C(=O)CC1CCC(S)CC1. The summed E-state index contributed by atoms with van der Waals surface area (Å²) in [6.07, 6.45) is 5.43. The molecule has 76 valence electrons. The molecule has 0 bridgehead atoms. The number of hydrogen-bond donors (Lipinski definition) is 1. The zero-order chi connectivity index (χ0) is 9.84. The Bertz CT molecular complexity index is 174. The maximum Gasteiger partial charge on any atom is 0.222 e. The first kappa shape index (κ1) is 10.9. The molecule has 0 atom stereocenters. The van der Waals surface area contributed by atoms with Crippen molar-refractivity contribution in [3.8, 4) is 0 Å². The molecule has 1 aliphatic carbocycles. The van der Waals surface area contributed by atoms with Crippen LogP contribution in [0.3, 0.4) is 0 Å². The first-order valence-corrected chi connectivity index (χ1v) is 5.49. The smallest absolute Gasteiger partial charge is 0.222 e. The van der Waals surface area contributed by atoms with Gasteiger partial charge in [-0.2, -0.15) is 12.6 Å². The quantitative estimate of drug-likeness (QED) is 0.677. The fraction of sp³-hybridized carbons (Fsp3) is 0.900. The monoisotopic (exact) mass is 201 g/mol. The van der Waals surface area contributed by atoms with E-state index in [2.05, 4.69) is 12.6 Å². The predicted molar refractivity (Wildman–Crippen MR) is 58.0 cm³/mol. The first-order valence-electron chi connectivity index (χ1n) is 4.98. The van der Waals surface area contributed by atoms with Crippen LogP contribution in [0, 0.1) is 5.92 Å². The minimum absolute atomic E-state index is 0.266. The summed E-state index contributed by atoms with van der Waals surface area (Å²) in [6.45, 7) is 0. The lowest BCUT2D eigenvalue weighted by molar-refractivity contribution is -0.129. The normalized spacial score (nSPS) is 28.5. The molecule has 0 saturated heterocycles. The van der Waals surface area contributed by atoms with Gasteiger partial charge in [0.2, 0.25) is 5.91 Å². The summed E-state index contributed by atoms with van der Waals surface area (Å²) in [5.74, 6) is 0.876. The Balaban J connectivity index is 2.26. The minimum atomic E-state index is 0.266. The molecule has 0 radical (unpaired) electrons. The number of carbonyl (C=O) groups excluding carboxylic acids is 1. The second kappa shape index (κ2) is 4.89. The van der Waals surface area contributed by atoms with Crippen molar-refractivity contribution in [2.75, 3.05) is 14.1 Å². The second-order valence-electron chi connectivity index (χ2n) is 4.17. The maximum absolute atomic E-state index is 11.4. The molecule has 1 amide bonds. The molecule has 0 aromatic heterocycles. The molecule has 0 spiro atoms. The van der Waals surface area contributed by atoms with Crippen molar-refractivity contribution in [3.63, 3.8) is 0 Å². The highest BCUT2D eigenvalue weighted by Gasteiger charge is 2.21. The van der Waals surface area contributed by atoms with Crippen molar-refractivity contribution in [3.05, 3.63) is 0 Å². The average molecular weight is 201 g/mol. The number of rotatable bonds is 2. The zero-order valence-corrected chi connectivity index (χ0v) is 9.39. The Morgan fingerprint density at radius 3 is 2.31 bits per heavy atom. The van der Waals surface area contributed by atoms with E-state index in [1.807, 2.05) is 14.1 Å².